The van der Waals surface area contributed by atoms with E-state index < -0.39 is 0 Å². The van der Waals surface area contributed by atoms with E-state index in [0.717, 1.165) is 27.9 Å². The van der Waals surface area contributed by atoms with E-state index in [4.69, 9.17) is 0 Å². The van der Waals surface area contributed by atoms with Crippen LogP contribution < -0.4 is 0 Å². The minimum Gasteiger partial charge on any atom is -0.294 e. The summed E-state index contributed by atoms with van der Waals surface area (Å²) in [6, 6.07) is 1.98. The van der Waals surface area contributed by atoms with Crippen molar-refractivity contribution in [2.75, 3.05) is 0 Å². The first-order chi connectivity index (χ1) is 8.25. The van der Waals surface area contributed by atoms with Gasteiger partial charge in [0.15, 0.2) is 11.6 Å². The molecule has 3 nitrogen and oxygen atoms in total. The zero-order valence-corrected chi connectivity index (χ0v) is 11.3. The van der Waals surface area contributed by atoms with Crippen LogP contribution in [0.1, 0.15) is 28.9 Å². The van der Waals surface area contributed by atoms with Gasteiger partial charge in [0.05, 0.1) is 16.1 Å². The molecule has 0 unspecified atom stereocenters. The second-order valence-corrected chi connectivity index (χ2v) is 5.70. The highest BCUT2D eigenvalue weighted by atomic mass is 79.9. The van der Waals surface area contributed by atoms with Crippen LogP contribution in [-0.4, -0.2) is 15.8 Å². The van der Waals surface area contributed by atoms with Crippen molar-refractivity contribution < 1.29 is 4.79 Å². The van der Waals surface area contributed by atoms with E-state index in [9.17, 15) is 4.79 Å². The predicted molar refractivity (Wildman–Crippen MR) is 70.3 cm³/mol. The number of carbonyl (C=O) groups excluding carboxylic acids is 1. The number of ketones is 1. The number of nitrogens with zero attached hydrogens (tertiary/aromatic N) is 2. The third-order valence-corrected chi connectivity index (χ3v) is 4.64. The molecule has 0 aliphatic heterocycles. The lowest BCUT2D eigenvalue weighted by Crippen LogP contribution is -2.13. The molecule has 2 aromatic heterocycles. The monoisotopic (exact) mass is 308 g/mol. The number of hydrogen-bond donors (Lipinski definition) is 0. The molecule has 2 aromatic rings. The minimum atomic E-state index is 0.169. The van der Waals surface area contributed by atoms with Gasteiger partial charge < -0.3 is 0 Å². The summed E-state index contributed by atoms with van der Waals surface area (Å²) < 4.78 is 1.00. The third-order valence-electron chi connectivity index (χ3n) is 2.81. The summed E-state index contributed by atoms with van der Waals surface area (Å²) in [6.07, 6.45) is 4.07. The SMILES string of the molecule is O=C1CCCc2nc(-c3sccc3Br)ncc21. The number of thiophene rings is 1. The van der Waals surface area contributed by atoms with E-state index in [1.807, 2.05) is 11.4 Å². The van der Waals surface area contributed by atoms with E-state index in [2.05, 4.69) is 25.9 Å². The summed E-state index contributed by atoms with van der Waals surface area (Å²) in [5.41, 5.74) is 1.60. The van der Waals surface area contributed by atoms with Crippen molar-refractivity contribution in [2.45, 2.75) is 19.3 Å². The van der Waals surface area contributed by atoms with Gasteiger partial charge in [0.25, 0.3) is 0 Å². The van der Waals surface area contributed by atoms with Crippen LogP contribution >= 0.6 is 27.3 Å². The quantitative estimate of drug-likeness (QED) is 0.810. The zero-order valence-electron chi connectivity index (χ0n) is 8.94. The molecule has 1 aliphatic rings. The summed E-state index contributed by atoms with van der Waals surface area (Å²) in [7, 11) is 0. The van der Waals surface area contributed by atoms with Crippen molar-refractivity contribution in [3.63, 3.8) is 0 Å². The predicted octanol–water partition coefficient (Wildman–Crippen LogP) is 3.49. The van der Waals surface area contributed by atoms with Crippen LogP contribution in [-0.2, 0) is 6.42 Å². The van der Waals surface area contributed by atoms with Gasteiger partial charge in [-0.2, -0.15) is 0 Å². The molecule has 0 radical (unpaired) electrons. The standard InChI is InChI=1S/C12H9BrN2OS/c13-8-4-5-17-11(8)12-14-6-7-9(15-12)2-1-3-10(7)16/h4-6H,1-3H2. The average molecular weight is 309 g/mol. The first kappa shape index (κ1) is 11.0. The fourth-order valence-electron chi connectivity index (χ4n) is 1.95. The molecule has 86 valence electrons. The van der Waals surface area contributed by atoms with Crippen molar-refractivity contribution in [3.8, 4) is 10.7 Å². The molecule has 1 aliphatic carbocycles. The van der Waals surface area contributed by atoms with E-state index in [1.54, 1.807) is 17.5 Å². The van der Waals surface area contributed by atoms with Crippen LogP contribution in [0.4, 0.5) is 0 Å². The molecular weight excluding hydrogens is 300 g/mol. The Morgan fingerprint density at radius 1 is 1.35 bits per heavy atom. The first-order valence-corrected chi connectivity index (χ1v) is 7.05. The molecule has 0 atom stereocenters. The van der Waals surface area contributed by atoms with Gasteiger partial charge in [0.1, 0.15) is 0 Å². The molecule has 3 rings (SSSR count). The lowest BCUT2D eigenvalue weighted by atomic mass is 9.96. The number of rotatable bonds is 1. The Hall–Kier alpha value is -1.07. The number of Topliss-reactive ketones (excluding diaryl/α,β-unsaturated/α-hetero) is 1. The summed E-state index contributed by atoms with van der Waals surface area (Å²) in [4.78, 5) is 21.5. The van der Waals surface area contributed by atoms with Gasteiger partial charge in [0, 0.05) is 17.1 Å². The minimum absolute atomic E-state index is 0.169. The van der Waals surface area contributed by atoms with Gasteiger partial charge in [-0.15, -0.1) is 11.3 Å². The van der Waals surface area contributed by atoms with Gasteiger partial charge in [-0.3, -0.25) is 4.79 Å². The molecule has 0 saturated heterocycles. The second kappa shape index (κ2) is 4.31. The maximum Gasteiger partial charge on any atom is 0.170 e. The Balaban J connectivity index is 2.10. The maximum absolute atomic E-state index is 11.7. The normalized spacial score (nSPS) is 14.8. The van der Waals surface area contributed by atoms with Gasteiger partial charge in [-0.25, -0.2) is 9.97 Å². The Bertz CT molecular complexity index is 594. The van der Waals surface area contributed by atoms with Crippen molar-refractivity contribution in [2.24, 2.45) is 0 Å². The molecule has 0 fully saturated rings. The summed E-state index contributed by atoms with van der Waals surface area (Å²) in [6.45, 7) is 0. The Labute approximate surface area is 111 Å². The first-order valence-electron chi connectivity index (χ1n) is 5.38. The van der Waals surface area contributed by atoms with Gasteiger partial charge >= 0.3 is 0 Å². The summed E-state index contributed by atoms with van der Waals surface area (Å²) in [5.74, 6) is 0.878. The lowest BCUT2D eigenvalue weighted by molar-refractivity contribution is 0.0971. The van der Waals surface area contributed by atoms with E-state index >= 15 is 0 Å². The highest BCUT2D eigenvalue weighted by Crippen LogP contribution is 2.32. The van der Waals surface area contributed by atoms with Crippen molar-refractivity contribution in [1.29, 1.82) is 0 Å². The molecule has 0 spiro atoms. The largest absolute Gasteiger partial charge is 0.294 e. The summed E-state index contributed by atoms with van der Waals surface area (Å²) >= 11 is 5.07. The smallest absolute Gasteiger partial charge is 0.170 e. The van der Waals surface area contributed by atoms with E-state index in [1.165, 1.54) is 0 Å². The second-order valence-electron chi connectivity index (χ2n) is 3.93. The number of aryl methyl sites for hydroxylation is 1. The molecule has 0 N–H and O–H groups in total. The fourth-order valence-corrected chi connectivity index (χ4v) is 3.44. The number of aromatic nitrogens is 2. The van der Waals surface area contributed by atoms with Gasteiger partial charge in [-0.1, -0.05) is 0 Å². The fraction of sp³-hybridized carbons (Fsp3) is 0.250. The molecular formula is C12H9BrN2OS. The molecule has 0 amide bonds. The van der Waals surface area contributed by atoms with Crippen LogP contribution in [0.2, 0.25) is 0 Å². The maximum atomic E-state index is 11.7. The van der Waals surface area contributed by atoms with Crippen LogP contribution in [0.3, 0.4) is 0 Å². The molecule has 2 heterocycles. The Kier molecular flexibility index (Phi) is 2.80. The topological polar surface area (TPSA) is 42.9 Å². The van der Waals surface area contributed by atoms with Crippen molar-refractivity contribution >= 4 is 33.0 Å². The molecule has 0 aromatic carbocycles. The summed E-state index contributed by atoms with van der Waals surface area (Å²) in [5, 5.41) is 1.99. The van der Waals surface area contributed by atoms with Crippen LogP contribution in [0.25, 0.3) is 10.7 Å². The molecule has 0 saturated carbocycles. The van der Waals surface area contributed by atoms with Crippen LogP contribution in [0, 0.1) is 0 Å². The molecule has 5 heteroatoms. The zero-order chi connectivity index (χ0) is 11.8. The Morgan fingerprint density at radius 2 is 2.24 bits per heavy atom. The number of halogens is 1. The number of fused-ring (bicyclic) bond motifs is 1. The highest BCUT2D eigenvalue weighted by molar-refractivity contribution is 9.10. The third kappa shape index (κ3) is 1.93. The van der Waals surface area contributed by atoms with Gasteiger partial charge in [-0.05, 0) is 40.2 Å². The highest BCUT2D eigenvalue weighted by Gasteiger charge is 2.20. The lowest BCUT2D eigenvalue weighted by Gasteiger charge is -2.13. The van der Waals surface area contributed by atoms with Crippen molar-refractivity contribution in [1.82, 2.24) is 9.97 Å². The van der Waals surface area contributed by atoms with Crippen LogP contribution in [0.15, 0.2) is 22.1 Å². The van der Waals surface area contributed by atoms with Crippen LogP contribution in [0.5, 0.6) is 0 Å². The van der Waals surface area contributed by atoms with E-state index in [0.29, 0.717) is 17.8 Å². The molecule has 0 bridgehead atoms. The molecule has 17 heavy (non-hydrogen) atoms. The number of carbonyl (C=O) groups is 1. The number of hydrogen-bond acceptors (Lipinski definition) is 4. The average Bonchev–Trinajstić information content (AvgIpc) is 2.75. The van der Waals surface area contributed by atoms with E-state index in [-0.39, 0.29) is 5.78 Å². The van der Waals surface area contributed by atoms with Gasteiger partial charge in [0.2, 0.25) is 0 Å². The van der Waals surface area contributed by atoms with Crippen molar-refractivity contribution in [3.05, 3.63) is 33.4 Å². The Morgan fingerprint density at radius 3 is 3.00 bits per heavy atom.